The molecular weight excluding hydrogens is 96.1 g/mol. The third kappa shape index (κ3) is 19.8. The first kappa shape index (κ1) is 10.1. The molecule has 0 aromatic rings. The zero-order chi connectivity index (χ0) is 6.99. The predicted octanol–water partition coefficient (Wildman–Crippen LogP) is 2.39. The summed E-state index contributed by atoms with van der Waals surface area (Å²) in [6.07, 6.45) is 11.9. The lowest BCUT2D eigenvalue weighted by Crippen LogP contribution is -1.54. The van der Waals surface area contributed by atoms with Crippen molar-refractivity contribution in [2.75, 3.05) is 0 Å². The van der Waals surface area contributed by atoms with Gasteiger partial charge in [-0.1, -0.05) is 24.3 Å². The molecule has 0 aromatic heterocycles. The Morgan fingerprint density at radius 3 is 1.88 bits per heavy atom. The Morgan fingerprint density at radius 1 is 1.50 bits per heavy atom. The molecule has 0 atom stereocenters. The molecule has 0 aliphatic heterocycles. The lowest BCUT2D eigenvalue weighted by atomic mass is 10.3. The first-order valence-corrected chi connectivity index (χ1v) is 2.39. The third-order valence-electron chi connectivity index (χ3n) is 0.451. The second-order valence-corrected chi connectivity index (χ2v) is 1.35. The fourth-order valence-corrected chi connectivity index (χ4v) is 0.285. The van der Waals surface area contributed by atoms with Gasteiger partial charge in [0.15, 0.2) is 0 Å². The van der Waals surface area contributed by atoms with E-state index in [1.807, 2.05) is 26.0 Å². The zero-order valence-electron chi connectivity index (χ0n) is 5.52. The summed E-state index contributed by atoms with van der Waals surface area (Å²) >= 11 is 0. The van der Waals surface area contributed by atoms with Gasteiger partial charge in [0.25, 0.3) is 0 Å². The summed E-state index contributed by atoms with van der Waals surface area (Å²) in [6, 6.07) is 0. The first-order valence-electron chi connectivity index (χ1n) is 2.39. The fourth-order valence-electron chi connectivity index (χ4n) is 0.285. The van der Waals surface area contributed by atoms with Crippen LogP contribution in [0.2, 0.25) is 0 Å². The van der Waals surface area contributed by atoms with Gasteiger partial charge < -0.3 is 0 Å². The van der Waals surface area contributed by atoms with E-state index in [4.69, 9.17) is 0 Å². The summed E-state index contributed by atoms with van der Waals surface area (Å²) in [5.74, 6) is 0. The quantitative estimate of drug-likeness (QED) is 0.357. The molecule has 0 N–H and O–H groups in total. The van der Waals surface area contributed by atoms with Crippen LogP contribution in [0.25, 0.3) is 0 Å². The molecule has 0 unspecified atom stereocenters. The van der Waals surface area contributed by atoms with Crippen molar-refractivity contribution < 1.29 is 0 Å². The van der Waals surface area contributed by atoms with Crippen LogP contribution in [0.4, 0.5) is 0 Å². The minimum absolute atomic E-state index is 1.11. The molecule has 0 heterocycles. The Hall–Kier alpha value is -0.960. The molecule has 0 aliphatic rings. The van der Waals surface area contributed by atoms with Crippen molar-refractivity contribution in [2.45, 2.75) is 13.8 Å². The van der Waals surface area contributed by atoms with Gasteiger partial charge in [0.05, 0.1) is 0 Å². The molecule has 0 rings (SSSR count). The number of hydrogen-bond acceptors (Lipinski definition) is 0. The van der Waals surface area contributed by atoms with Crippen LogP contribution in [0.5, 0.6) is 0 Å². The van der Waals surface area contributed by atoms with E-state index < -0.39 is 0 Å². The maximum atomic E-state index is 4.00. The largest absolute Gasteiger partial charge is 0.124 e. The van der Waals surface area contributed by atoms with Gasteiger partial charge >= 0.3 is 0 Å². The van der Waals surface area contributed by atoms with E-state index in [1.54, 1.807) is 0 Å². The van der Waals surface area contributed by atoms with Crippen molar-refractivity contribution >= 4 is 0 Å². The predicted molar refractivity (Wildman–Crippen MR) is 39.5 cm³/mol. The average Bonchev–Trinajstić information content (AvgIpc) is 1.72. The van der Waals surface area contributed by atoms with Crippen LogP contribution in [0, 0.1) is 12.8 Å². The Balaban J connectivity index is 0. The van der Waals surface area contributed by atoms with Gasteiger partial charge in [0.2, 0.25) is 0 Å². The van der Waals surface area contributed by atoms with Gasteiger partial charge in [-0.3, -0.25) is 0 Å². The highest BCUT2D eigenvalue weighted by molar-refractivity contribution is 5.09. The van der Waals surface area contributed by atoms with E-state index in [2.05, 4.69) is 19.4 Å². The molecular formula is C8H12. The molecule has 44 valence electrons. The maximum Gasteiger partial charge on any atom is -0.0404 e. The van der Waals surface area contributed by atoms with Crippen LogP contribution in [0.1, 0.15) is 13.8 Å². The van der Waals surface area contributed by atoms with Crippen molar-refractivity contribution in [2.24, 2.45) is 0 Å². The van der Waals surface area contributed by atoms with Crippen molar-refractivity contribution in [3.63, 3.8) is 0 Å². The highest BCUT2D eigenvalue weighted by Gasteiger charge is 1.63. The van der Waals surface area contributed by atoms with Crippen LogP contribution in [0.15, 0.2) is 24.3 Å². The minimum atomic E-state index is 1.11. The van der Waals surface area contributed by atoms with E-state index in [0.717, 1.165) is 5.57 Å². The molecule has 0 nitrogen and oxygen atoms in total. The summed E-state index contributed by atoms with van der Waals surface area (Å²) < 4.78 is 0. The fraction of sp³-hybridized carbons (Fsp3) is 0.250. The van der Waals surface area contributed by atoms with Gasteiger partial charge in [-0.2, -0.15) is 0 Å². The van der Waals surface area contributed by atoms with Crippen molar-refractivity contribution in [1.82, 2.24) is 0 Å². The molecule has 0 fully saturated rings. The number of hydrogen-bond donors (Lipinski definition) is 0. The molecule has 0 saturated heterocycles. The van der Waals surface area contributed by atoms with E-state index in [0.29, 0.717) is 0 Å². The van der Waals surface area contributed by atoms with E-state index in [9.17, 15) is 0 Å². The molecule has 0 aromatic carbocycles. The van der Waals surface area contributed by atoms with Gasteiger partial charge in [0.1, 0.15) is 0 Å². The lowest BCUT2D eigenvalue weighted by Gasteiger charge is -1.75. The second-order valence-electron chi connectivity index (χ2n) is 1.35. The SMILES string of the molecule is C#C.C=C(C)/C=C\C. The molecule has 0 radical (unpaired) electrons. The van der Waals surface area contributed by atoms with Gasteiger partial charge in [-0.15, -0.1) is 12.8 Å². The molecule has 0 aliphatic carbocycles. The number of rotatable bonds is 1. The molecule has 8 heavy (non-hydrogen) atoms. The molecule has 0 bridgehead atoms. The summed E-state index contributed by atoms with van der Waals surface area (Å²) in [5.41, 5.74) is 1.11. The van der Waals surface area contributed by atoms with Crippen LogP contribution < -0.4 is 0 Å². The highest BCUT2D eigenvalue weighted by Crippen LogP contribution is 1.85. The molecule has 0 spiro atoms. The third-order valence-corrected chi connectivity index (χ3v) is 0.451. The maximum absolute atomic E-state index is 4.00. The van der Waals surface area contributed by atoms with E-state index in [-0.39, 0.29) is 0 Å². The van der Waals surface area contributed by atoms with Crippen molar-refractivity contribution in [3.05, 3.63) is 24.3 Å². The number of terminal acetylenes is 1. The van der Waals surface area contributed by atoms with Crippen LogP contribution in [-0.2, 0) is 0 Å². The number of allylic oxidation sites excluding steroid dienone is 3. The summed E-state index contributed by atoms with van der Waals surface area (Å²) in [4.78, 5) is 0. The summed E-state index contributed by atoms with van der Waals surface area (Å²) in [6.45, 7) is 7.61. The van der Waals surface area contributed by atoms with Crippen LogP contribution >= 0.6 is 0 Å². The van der Waals surface area contributed by atoms with Crippen LogP contribution in [0.3, 0.4) is 0 Å². The Kier molecular flexibility index (Phi) is 11.9. The monoisotopic (exact) mass is 108 g/mol. The van der Waals surface area contributed by atoms with Gasteiger partial charge in [-0.05, 0) is 13.8 Å². The first-order chi connectivity index (χ1) is 3.77. The Morgan fingerprint density at radius 2 is 1.88 bits per heavy atom. The summed E-state index contributed by atoms with van der Waals surface area (Å²) in [5, 5.41) is 0. The van der Waals surface area contributed by atoms with E-state index in [1.165, 1.54) is 0 Å². The topological polar surface area (TPSA) is 0 Å². The Labute approximate surface area is 51.9 Å². The smallest absolute Gasteiger partial charge is 0.0404 e. The zero-order valence-corrected chi connectivity index (χ0v) is 5.52. The minimum Gasteiger partial charge on any atom is -0.124 e. The van der Waals surface area contributed by atoms with Gasteiger partial charge in [0, 0.05) is 0 Å². The average molecular weight is 108 g/mol. The Bertz CT molecular complexity index is 93.9. The van der Waals surface area contributed by atoms with Crippen LogP contribution in [-0.4, -0.2) is 0 Å². The lowest BCUT2D eigenvalue weighted by molar-refractivity contribution is 1.54. The molecule has 0 heteroatoms. The standard InChI is InChI=1S/C6H10.C2H2/c1-4-5-6(2)3;1-2/h4-5H,2H2,1,3H3;1-2H/b5-4-;. The van der Waals surface area contributed by atoms with Crippen molar-refractivity contribution in [1.29, 1.82) is 0 Å². The molecule has 0 saturated carbocycles. The highest BCUT2D eigenvalue weighted by atomic mass is 13.7. The van der Waals surface area contributed by atoms with Crippen molar-refractivity contribution in [3.8, 4) is 12.8 Å². The normalized spacial score (nSPS) is 7.50. The second kappa shape index (κ2) is 9.40. The van der Waals surface area contributed by atoms with E-state index >= 15 is 0 Å². The summed E-state index contributed by atoms with van der Waals surface area (Å²) in [7, 11) is 0. The van der Waals surface area contributed by atoms with Gasteiger partial charge in [-0.25, -0.2) is 0 Å². The molecule has 0 amide bonds.